The van der Waals surface area contributed by atoms with E-state index in [9.17, 15) is 0 Å². The van der Waals surface area contributed by atoms with Crippen LogP contribution in [0.5, 0.6) is 5.75 Å². The summed E-state index contributed by atoms with van der Waals surface area (Å²) in [6, 6.07) is 9.73. The average Bonchev–Trinajstić information content (AvgIpc) is 2.56. The summed E-state index contributed by atoms with van der Waals surface area (Å²) in [4.78, 5) is 0. The van der Waals surface area contributed by atoms with Crippen molar-refractivity contribution in [3.8, 4) is 5.75 Å². The van der Waals surface area contributed by atoms with Crippen molar-refractivity contribution in [1.82, 2.24) is 9.78 Å². The van der Waals surface area contributed by atoms with Crippen molar-refractivity contribution in [3.63, 3.8) is 0 Å². The van der Waals surface area contributed by atoms with E-state index in [0.29, 0.717) is 6.73 Å². The van der Waals surface area contributed by atoms with Crippen LogP contribution in [0.15, 0.2) is 34.8 Å². The standard InChI is InChI=1S/C12H13BrN2O/c1-9-12(13)10(2)15(14-9)8-16-11-6-4-3-5-7-11/h3-7H,8H2,1-2H3. The number of hydrogen-bond acceptors (Lipinski definition) is 2. The average molecular weight is 281 g/mol. The Morgan fingerprint density at radius 1 is 1.25 bits per heavy atom. The van der Waals surface area contributed by atoms with Crippen LogP contribution in [0.4, 0.5) is 0 Å². The van der Waals surface area contributed by atoms with E-state index in [1.165, 1.54) is 0 Å². The molecule has 0 radical (unpaired) electrons. The summed E-state index contributed by atoms with van der Waals surface area (Å²) in [6.07, 6.45) is 0. The van der Waals surface area contributed by atoms with Crippen molar-refractivity contribution in [2.75, 3.05) is 0 Å². The van der Waals surface area contributed by atoms with Gasteiger partial charge in [-0.3, -0.25) is 0 Å². The Morgan fingerprint density at radius 3 is 2.50 bits per heavy atom. The van der Waals surface area contributed by atoms with Crippen molar-refractivity contribution in [1.29, 1.82) is 0 Å². The molecule has 4 heteroatoms. The molecule has 2 aromatic rings. The number of aromatic nitrogens is 2. The lowest BCUT2D eigenvalue weighted by Gasteiger charge is -2.07. The third-order valence-electron chi connectivity index (χ3n) is 2.39. The molecule has 1 aromatic carbocycles. The first kappa shape index (κ1) is 11.2. The van der Waals surface area contributed by atoms with Crippen LogP contribution in [0.25, 0.3) is 0 Å². The predicted octanol–water partition coefficient (Wildman–Crippen LogP) is 3.30. The summed E-state index contributed by atoms with van der Waals surface area (Å²) < 4.78 is 8.51. The van der Waals surface area contributed by atoms with Gasteiger partial charge < -0.3 is 4.74 Å². The van der Waals surface area contributed by atoms with Gasteiger partial charge in [0.25, 0.3) is 0 Å². The molecule has 0 saturated carbocycles. The first-order chi connectivity index (χ1) is 7.68. The molecule has 1 aromatic heterocycles. The fourth-order valence-corrected chi connectivity index (χ4v) is 1.74. The van der Waals surface area contributed by atoms with Gasteiger partial charge in [-0.1, -0.05) is 18.2 Å². The minimum absolute atomic E-state index is 0.433. The minimum Gasteiger partial charge on any atom is -0.471 e. The third kappa shape index (κ3) is 2.27. The fraction of sp³-hybridized carbons (Fsp3) is 0.250. The SMILES string of the molecule is Cc1nn(COc2ccccc2)c(C)c1Br. The zero-order valence-electron chi connectivity index (χ0n) is 9.27. The Bertz CT molecular complexity index is 479. The molecule has 84 valence electrons. The van der Waals surface area contributed by atoms with Gasteiger partial charge in [0.15, 0.2) is 6.73 Å². The highest BCUT2D eigenvalue weighted by Crippen LogP contribution is 2.20. The smallest absolute Gasteiger partial charge is 0.181 e. The molecular weight excluding hydrogens is 268 g/mol. The Hall–Kier alpha value is -1.29. The van der Waals surface area contributed by atoms with E-state index in [1.807, 2.05) is 48.9 Å². The highest BCUT2D eigenvalue weighted by molar-refractivity contribution is 9.10. The maximum atomic E-state index is 5.62. The van der Waals surface area contributed by atoms with Crippen LogP contribution >= 0.6 is 15.9 Å². The van der Waals surface area contributed by atoms with Crippen molar-refractivity contribution in [3.05, 3.63) is 46.2 Å². The van der Waals surface area contributed by atoms with E-state index in [0.717, 1.165) is 21.6 Å². The molecule has 0 fully saturated rings. The minimum atomic E-state index is 0.433. The Labute approximate surface area is 103 Å². The number of ether oxygens (including phenoxy) is 1. The maximum Gasteiger partial charge on any atom is 0.181 e. The number of aryl methyl sites for hydroxylation is 1. The molecule has 3 nitrogen and oxygen atoms in total. The number of rotatable bonds is 3. The molecular formula is C12H13BrN2O. The largest absolute Gasteiger partial charge is 0.471 e. The first-order valence-corrected chi connectivity index (χ1v) is 5.85. The monoisotopic (exact) mass is 280 g/mol. The van der Waals surface area contributed by atoms with Crippen LogP contribution in [0, 0.1) is 13.8 Å². The zero-order chi connectivity index (χ0) is 11.5. The number of hydrogen-bond donors (Lipinski definition) is 0. The van der Waals surface area contributed by atoms with Crippen LogP contribution in [-0.4, -0.2) is 9.78 Å². The second-order valence-corrected chi connectivity index (χ2v) is 4.36. The lowest BCUT2D eigenvalue weighted by atomic mass is 10.3. The molecule has 16 heavy (non-hydrogen) atoms. The fourth-order valence-electron chi connectivity index (χ4n) is 1.45. The Morgan fingerprint density at radius 2 is 1.94 bits per heavy atom. The van der Waals surface area contributed by atoms with Crippen LogP contribution in [0.3, 0.4) is 0 Å². The number of benzene rings is 1. The van der Waals surface area contributed by atoms with Crippen LogP contribution in [0.1, 0.15) is 11.4 Å². The van der Waals surface area contributed by atoms with Gasteiger partial charge in [0.1, 0.15) is 5.75 Å². The molecule has 0 spiro atoms. The Balaban J connectivity index is 2.08. The van der Waals surface area contributed by atoms with Gasteiger partial charge in [0.05, 0.1) is 15.9 Å². The van der Waals surface area contributed by atoms with Crippen LogP contribution < -0.4 is 4.74 Å². The molecule has 0 atom stereocenters. The van der Waals surface area contributed by atoms with Crippen molar-refractivity contribution >= 4 is 15.9 Å². The van der Waals surface area contributed by atoms with E-state index < -0.39 is 0 Å². The maximum absolute atomic E-state index is 5.62. The summed E-state index contributed by atoms with van der Waals surface area (Å²) >= 11 is 3.49. The van der Waals surface area contributed by atoms with Crippen LogP contribution in [-0.2, 0) is 6.73 Å². The van der Waals surface area contributed by atoms with Gasteiger partial charge in [-0.05, 0) is 41.9 Å². The molecule has 0 aliphatic carbocycles. The van der Waals surface area contributed by atoms with Crippen molar-refractivity contribution in [2.24, 2.45) is 0 Å². The molecule has 0 unspecified atom stereocenters. The molecule has 0 amide bonds. The molecule has 0 aliphatic heterocycles. The van der Waals surface area contributed by atoms with Crippen LogP contribution in [0.2, 0.25) is 0 Å². The molecule has 0 bridgehead atoms. The van der Waals surface area contributed by atoms with E-state index in [-0.39, 0.29) is 0 Å². The van der Waals surface area contributed by atoms with Gasteiger partial charge in [-0.25, -0.2) is 4.68 Å². The second-order valence-electron chi connectivity index (χ2n) is 3.57. The number of para-hydroxylation sites is 1. The topological polar surface area (TPSA) is 27.1 Å². The normalized spacial score (nSPS) is 10.4. The van der Waals surface area contributed by atoms with Gasteiger partial charge >= 0.3 is 0 Å². The zero-order valence-corrected chi connectivity index (χ0v) is 10.9. The molecule has 0 N–H and O–H groups in total. The summed E-state index contributed by atoms with van der Waals surface area (Å²) in [6.45, 7) is 4.41. The predicted molar refractivity (Wildman–Crippen MR) is 66.5 cm³/mol. The van der Waals surface area contributed by atoms with E-state index in [1.54, 1.807) is 0 Å². The summed E-state index contributed by atoms with van der Waals surface area (Å²) in [5.74, 6) is 0.853. The quantitative estimate of drug-likeness (QED) is 0.863. The highest BCUT2D eigenvalue weighted by atomic mass is 79.9. The first-order valence-electron chi connectivity index (χ1n) is 5.06. The summed E-state index contributed by atoms with van der Waals surface area (Å²) in [7, 11) is 0. The van der Waals surface area contributed by atoms with Gasteiger partial charge in [0, 0.05) is 0 Å². The molecule has 2 rings (SSSR count). The van der Waals surface area contributed by atoms with Crippen molar-refractivity contribution < 1.29 is 4.74 Å². The molecule has 0 saturated heterocycles. The highest BCUT2D eigenvalue weighted by Gasteiger charge is 2.08. The summed E-state index contributed by atoms with van der Waals surface area (Å²) in [5.41, 5.74) is 2.06. The third-order valence-corrected chi connectivity index (χ3v) is 3.54. The molecule has 0 aliphatic rings. The van der Waals surface area contributed by atoms with E-state index in [4.69, 9.17) is 4.74 Å². The summed E-state index contributed by atoms with van der Waals surface area (Å²) in [5, 5.41) is 4.37. The lowest BCUT2D eigenvalue weighted by molar-refractivity contribution is 0.218. The van der Waals surface area contributed by atoms with Crippen molar-refractivity contribution in [2.45, 2.75) is 20.6 Å². The van der Waals surface area contributed by atoms with Gasteiger partial charge in [-0.15, -0.1) is 0 Å². The second kappa shape index (κ2) is 4.70. The van der Waals surface area contributed by atoms with E-state index in [2.05, 4.69) is 21.0 Å². The van der Waals surface area contributed by atoms with E-state index >= 15 is 0 Å². The Kier molecular flexibility index (Phi) is 3.29. The van der Waals surface area contributed by atoms with Gasteiger partial charge in [0.2, 0.25) is 0 Å². The number of nitrogens with zero attached hydrogens (tertiary/aromatic N) is 2. The number of halogens is 1. The lowest BCUT2D eigenvalue weighted by Crippen LogP contribution is -2.08. The van der Waals surface area contributed by atoms with Gasteiger partial charge in [-0.2, -0.15) is 5.10 Å². The molecule has 1 heterocycles.